The predicted molar refractivity (Wildman–Crippen MR) is 86.0 cm³/mol. The highest BCUT2D eigenvalue weighted by molar-refractivity contribution is 5.77. The molecule has 110 valence electrons. The fourth-order valence-electron chi connectivity index (χ4n) is 2.44. The van der Waals surface area contributed by atoms with Crippen LogP contribution in [0.5, 0.6) is 0 Å². The van der Waals surface area contributed by atoms with Crippen LogP contribution < -0.4 is 11.1 Å². The highest BCUT2D eigenvalue weighted by atomic mass is 15.1. The van der Waals surface area contributed by atoms with Crippen LogP contribution in [0.2, 0.25) is 0 Å². The molecule has 0 bridgehead atoms. The first-order valence-electron chi connectivity index (χ1n) is 7.58. The van der Waals surface area contributed by atoms with E-state index in [9.17, 15) is 0 Å². The number of nitrogens with two attached hydrogens (primary N) is 1. The second-order valence-corrected chi connectivity index (χ2v) is 6.63. The molecule has 0 radical (unpaired) electrons. The maximum Gasteiger partial charge on any atom is 0.188 e. The lowest BCUT2D eigenvalue weighted by atomic mass is 9.84. The van der Waals surface area contributed by atoms with Gasteiger partial charge in [-0.25, -0.2) is 0 Å². The van der Waals surface area contributed by atoms with Gasteiger partial charge in [0, 0.05) is 12.0 Å². The van der Waals surface area contributed by atoms with Crippen molar-refractivity contribution in [2.24, 2.45) is 16.6 Å². The fraction of sp³-hybridized carbons (Fsp3) is 0.588. The molecule has 1 saturated carbocycles. The molecule has 0 unspecified atom stereocenters. The molecule has 0 atom stereocenters. The van der Waals surface area contributed by atoms with Crippen molar-refractivity contribution in [2.75, 3.05) is 13.1 Å². The van der Waals surface area contributed by atoms with Crippen molar-refractivity contribution in [3.8, 4) is 0 Å². The van der Waals surface area contributed by atoms with Gasteiger partial charge in [0.2, 0.25) is 0 Å². The molecule has 0 spiro atoms. The Hall–Kier alpha value is -1.51. The van der Waals surface area contributed by atoms with Crippen LogP contribution in [-0.4, -0.2) is 19.0 Å². The van der Waals surface area contributed by atoms with Crippen LogP contribution in [0.4, 0.5) is 0 Å². The van der Waals surface area contributed by atoms with Crippen LogP contribution in [0.3, 0.4) is 0 Å². The van der Waals surface area contributed by atoms with Crippen molar-refractivity contribution in [3.05, 3.63) is 35.4 Å². The van der Waals surface area contributed by atoms with Crippen molar-refractivity contribution in [3.63, 3.8) is 0 Å². The van der Waals surface area contributed by atoms with E-state index < -0.39 is 0 Å². The predicted octanol–water partition coefficient (Wildman–Crippen LogP) is 2.98. The summed E-state index contributed by atoms with van der Waals surface area (Å²) in [7, 11) is 0. The largest absolute Gasteiger partial charge is 0.370 e. The van der Waals surface area contributed by atoms with E-state index in [0.717, 1.165) is 12.5 Å². The second kappa shape index (κ2) is 6.29. The number of guanidine groups is 1. The van der Waals surface area contributed by atoms with Gasteiger partial charge < -0.3 is 11.1 Å². The molecular weight excluding hydrogens is 246 g/mol. The minimum atomic E-state index is 0.00872. The first kappa shape index (κ1) is 14.9. The summed E-state index contributed by atoms with van der Waals surface area (Å²) in [6.45, 7) is 8.23. The number of aliphatic imine (C=N–C) groups is 1. The van der Waals surface area contributed by atoms with Gasteiger partial charge in [-0.2, -0.15) is 0 Å². The summed E-state index contributed by atoms with van der Waals surface area (Å²) >= 11 is 0. The molecule has 0 saturated heterocycles. The molecule has 0 amide bonds. The zero-order chi connectivity index (χ0) is 14.6. The Bertz CT molecular complexity index is 473. The molecule has 1 aromatic rings. The first-order chi connectivity index (χ1) is 9.47. The van der Waals surface area contributed by atoms with Crippen molar-refractivity contribution < 1.29 is 0 Å². The van der Waals surface area contributed by atoms with E-state index in [4.69, 9.17) is 5.73 Å². The molecule has 0 aliphatic heterocycles. The van der Waals surface area contributed by atoms with E-state index in [1.54, 1.807) is 0 Å². The highest BCUT2D eigenvalue weighted by Crippen LogP contribution is 2.25. The van der Waals surface area contributed by atoms with Gasteiger partial charge in [-0.3, -0.25) is 4.99 Å². The summed E-state index contributed by atoms with van der Waals surface area (Å²) < 4.78 is 0. The lowest BCUT2D eigenvalue weighted by Gasteiger charge is -2.26. The number of benzene rings is 1. The average molecular weight is 273 g/mol. The molecule has 1 aromatic carbocycles. The minimum absolute atomic E-state index is 0.00872. The van der Waals surface area contributed by atoms with E-state index >= 15 is 0 Å². The van der Waals surface area contributed by atoms with Crippen LogP contribution >= 0.6 is 0 Å². The third-order valence-electron chi connectivity index (χ3n) is 4.24. The molecule has 3 N–H and O–H groups in total. The Kier molecular flexibility index (Phi) is 4.69. The molecule has 1 aliphatic rings. The van der Waals surface area contributed by atoms with E-state index in [2.05, 4.69) is 55.3 Å². The molecule has 0 aromatic heterocycles. The Balaban J connectivity index is 1.89. The van der Waals surface area contributed by atoms with Gasteiger partial charge in [-0.15, -0.1) is 0 Å². The lowest BCUT2D eigenvalue weighted by molar-refractivity contribution is 0.315. The van der Waals surface area contributed by atoms with Crippen LogP contribution in [0, 0.1) is 12.8 Å². The molecule has 1 aliphatic carbocycles. The van der Waals surface area contributed by atoms with E-state index in [-0.39, 0.29) is 5.41 Å². The summed E-state index contributed by atoms with van der Waals surface area (Å²) in [5.74, 6) is 1.38. The smallest absolute Gasteiger partial charge is 0.188 e. The Morgan fingerprint density at radius 2 is 2.15 bits per heavy atom. The van der Waals surface area contributed by atoms with Crippen LogP contribution in [0.15, 0.2) is 29.3 Å². The Morgan fingerprint density at radius 3 is 2.75 bits per heavy atom. The third kappa shape index (κ3) is 3.99. The van der Waals surface area contributed by atoms with Crippen LogP contribution in [-0.2, 0) is 5.41 Å². The fourth-order valence-corrected chi connectivity index (χ4v) is 2.44. The van der Waals surface area contributed by atoms with Crippen molar-refractivity contribution in [1.29, 1.82) is 0 Å². The van der Waals surface area contributed by atoms with Gasteiger partial charge in [0.05, 0.1) is 6.54 Å². The van der Waals surface area contributed by atoms with Crippen LogP contribution in [0.25, 0.3) is 0 Å². The molecule has 2 rings (SSSR count). The van der Waals surface area contributed by atoms with Crippen LogP contribution in [0.1, 0.15) is 44.2 Å². The Labute approximate surface area is 122 Å². The van der Waals surface area contributed by atoms with Gasteiger partial charge in [-0.05, 0) is 31.2 Å². The molecule has 3 heteroatoms. The number of nitrogens with one attached hydrogen (secondary N) is 1. The minimum Gasteiger partial charge on any atom is -0.370 e. The van der Waals surface area contributed by atoms with E-state index in [1.807, 2.05) is 0 Å². The number of rotatable bonds is 5. The Morgan fingerprint density at radius 1 is 1.40 bits per heavy atom. The topological polar surface area (TPSA) is 50.4 Å². The molecular formula is C17H27N3. The summed E-state index contributed by atoms with van der Waals surface area (Å²) in [6, 6.07) is 8.62. The summed E-state index contributed by atoms with van der Waals surface area (Å²) in [4.78, 5) is 4.52. The maximum absolute atomic E-state index is 5.95. The third-order valence-corrected chi connectivity index (χ3v) is 4.24. The van der Waals surface area contributed by atoms with Crippen molar-refractivity contribution >= 4 is 5.96 Å². The molecule has 1 fully saturated rings. The molecule has 3 nitrogen and oxygen atoms in total. The summed E-state index contributed by atoms with van der Waals surface area (Å²) in [5.41, 5.74) is 8.56. The second-order valence-electron chi connectivity index (χ2n) is 6.63. The van der Waals surface area contributed by atoms with Gasteiger partial charge in [0.25, 0.3) is 0 Å². The normalized spacial score (nSPS) is 16.9. The van der Waals surface area contributed by atoms with Gasteiger partial charge >= 0.3 is 0 Å². The van der Waals surface area contributed by atoms with Crippen molar-refractivity contribution in [1.82, 2.24) is 5.32 Å². The van der Waals surface area contributed by atoms with Gasteiger partial charge in [0.1, 0.15) is 0 Å². The van der Waals surface area contributed by atoms with Crippen molar-refractivity contribution in [2.45, 2.75) is 45.4 Å². The van der Waals surface area contributed by atoms with E-state index in [0.29, 0.717) is 12.5 Å². The van der Waals surface area contributed by atoms with Gasteiger partial charge in [-0.1, -0.05) is 50.1 Å². The zero-order valence-corrected chi connectivity index (χ0v) is 12.9. The summed E-state index contributed by atoms with van der Waals surface area (Å²) in [6.07, 6.45) is 4.02. The molecule has 20 heavy (non-hydrogen) atoms. The average Bonchev–Trinajstić information content (AvgIpc) is 2.35. The number of hydrogen-bond donors (Lipinski definition) is 2. The molecule has 0 heterocycles. The number of hydrogen-bond acceptors (Lipinski definition) is 1. The lowest BCUT2D eigenvalue weighted by Crippen LogP contribution is -2.38. The number of nitrogens with zero attached hydrogens (tertiary/aromatic N) is 1. The standard InChI is InChI=1S/C17H27N3/c1-13-6-4-9-15(10-13)17(2,3)12-20-16(18)19-11-14-7-5-8-14/h4,6,9-10,14H,5,7-8,11-12H2,1-3H3,(H3,18,19,20). The van der Waals surface area contributed by atoms with Gasteiger partial charge in [0.15, 0.2) is 5.96 Å². The zero-order valence-electron chi connectivity index (χ0n) is 12.9. The SMILES string of the molecule is Cc1cccc(C(C)(C)CN=C(N)NCC2CCC2)c1. The van der Waals surface area contributed by atoms with E-state index in [1.165, 1.54) is 30.4 Å². The number of aryl methyl sites for hydroxylation is 1. The quantitative estimate of drug-likeness (QED) is 0.640. The monoisotopic (exact) mass is 273 g/mol. The maximum atomic E-state index is 5.95. The summed E-state index contributed by atoms with van der Waals surface area (Å²) in [5, 5.41) is 3.25. The first-order valence-corrected chi connectivity index (χ1v) is 7.58. The highest BCUT2D eigenvalue weighted by Gasteiger charge is 2.21.